The quantitative estimate of drug-likeness (QED) is 0.736. The number of hydrogen-bond donors (Lipinski definition) is 3. The van der Waals surface area contributed by atoms with Crippen LogP contribution in [-0.2, 0) is 9.53 Å². The molecule has 0 spiro atoms. The van der Waals surface area contributed by atoms with E-state index < -0.39 is 5.97 Å². The van der Waals surface area contributed by atoms with Crippen molar-refractivity contribution in [3.8, 4) is 0 Å². The van der Waals surface area contributed by atoms with E-state index in [9.17, 15) is 9.59 Å². The topological polar surface area (TPSA) is 87.7 Å². The molecular weight excluding hydrogens is 272 g/mol. The summed E-state index contributed by atoms with van der Waals surface area (Å²) in [6.45, 7) is 3.81. The first kappa shape index (κ1) is 15.5. The Balaban J connectivity index is 2.00. The van der Waals surface area contributed by atoms with E-state index in [1.807, 2.05) is 0 Å². The van der Waals surface area contributed by atoms with Crippen molar-refractivity contribution >= 4 is 17.6 Å². The highest BCUT2D eigenvalue weighted by Gasteiger charge is 2.33. The minimum atomic E-state index is -1.02. The minimum absolute atomic E-state index is 0.00704. The summed E-state index contributed by atoms with van der Waals surface area (Å²) in [5.41, 5.74) is 0.636. The van der Waals surface area contributed by atoms with Gasteiger partial charge in [0, 0.05) is 11.7 Å². The molecule has 1 aromatic rings. The van der Waals surface area contributed by atoms with Crippen LogP contribution in [0, 0.1) is 5.92 Å². The van der Waals surface area contributed by atoms with Crippen molar-refractivity contribution < 1.29 is 19.4 Å². The summed E-state index contributed by atoms with van der Waals surface area (Å²) in [6, 6.07) is 6.23. The largest absolute Gasteiger partial charge is 0.478 e. The molecule has 0 aromatic heterocycles. The van der Waals surface area contributed by atoms with Gasteiger partial charge in [0.05, 0.1) is 24.7 Å². The van der Waals surface area contributed by atoms with Gasteiger partial charge in [-0.1, -0.05) is 13.0 Å². The average molecular weight is 292 g/mol. The average Bonchev–Trinajstić information content (AvgIpc) is 2.93. The predicted molar refractivity (Wildman–Crippen MR) is 78.4 cm³/mol. The van der Waals surface area contributed by atoms with Crippen molar-refractivity contribution in [2.24, 2.45) is 5.92 Å². The summed E-state index contributed by atoms with van der Waals surface area (Å²) in [6.07, 6.45) is 0.992. The van der Waals surface area contributed by atoms with Crippen LogP contribution in [0.25, 0.3) is 0 Å². The van der Waals surface area contributed by atoms with Crippen LogP contribution in [0.2, 0.25) is 0 Å². The van der Waals surface area contributed by atoms with Crippen LogP contribution in [0.15, 0.2) is 24.3 Å². The van der Waals surface area contributed by atoms with E-state index in [1.54, 1.807) is 12.1 Å². The first-order chi connectivity index (χ1) is 10.1. The molecule has 2 unspecified atom stereocenters. The van der Waals surface area contributed by atoms with Crippen LogP contribution in [0.5, 0.6) is 0 Å². The second-order valence-electron chi connectivity index (χ2n) is 5.08. The first-order valence-electron chi connectivity index (χ1n) is 7.07. The zero-order valence-corrected chi connectivity index (χ0v) is 12.0. The second kappa shape index (κ2) is 7.19. The molecule has 2 atom stereocenters. The number of carbonyl (C=O) groups excluding carboxylic acids is 1. The van der Waals surface area contributed by atoms with Gasteiger partial charge in [0.2, 0.25) is 5.91 Å². The van der Waals surface area contributed by atoms with Crippen LogP contribution >= 0.6 is 0 Å². The number of rotatable bonds is 6. The van der Waals surface area contributed by atoms with E-state index >= 15 is 0 Å². The van der Waals surface area contributed by atoms with E-state index in [4.69, 9.17) is 9.84 Å². The second-order valence-corrected chi connectivity index (χ2v) is 5.08. The molecule has 0 radical (unpaired) electrons. The van der Waals surface area contributed by atoms with Gasteiger partial charge in [-0.3, -0.25) is 4.79 Å². The zero-order chi connectivity index (χ0) is 15.2. The van der Waals surface area contributed by atoms with Crippen molar-refractivity contribution in [1.29, 1.82) is 0 Å². The van der Waals surface area contributed by atoms with Crippen molar-refractivity contribution in [3.63, 3.8) is 0 Å². The van der Waals surface area contributed by atoms with Crippen LogP contribution in [0.4, 0.5) is 5.69 Å². The van der Waals surface area contributed by atoms with E-state index in [2.05, 4.69) is 17.6 Å². The van der Waals surface area contributed by atoms with Crippen molar-refractivity contribution in [3.05, 3.63) is 29.8 Å². The highest BCUT2D eigenvalue weighted by Crippen LogP contribution is 2.18. The fourth-order valence-electron chi connectivity index (χ4n) is 2.31. The van der Waals surface area contributed by atoms with Crippen LogP contribution in [0.3, 0.4) is 0 Å². The van der Waals surface area contributed by atoms with Crippen LogP contribution in [-0.4, -0.2) is 42.8 Å². The molecule has 1 heterocycles. The molecule has 6 nitrogen and oxygen atoms in total. The van der Waals surface area contributed by atoms with Gasteiger partial charge < -0.3 is 20.5 Å². The summed E-state index contributed by atoms with van der Waals surface area (Å²) in [4.78, 5) is 23.2. The van der Waals surface area contributed by atoms with Gasteiger partial charge in [0.15, 0.2) is 0 Å². The van der Waals surface area contributed by atoms with Gasteiger partial charge in [-0.15, -0.1) is 0 Å². The standard InChI is InChI=1S/C15H20N2O4/c1-2-6-16-13-9-21-8-12(13)14(18)17-11-5-3-4-10(7-11)15(19)20/h3-5,7,12-13,16H,2,6,8-9H2,1H3,(H,17,18)(H,19,20). The molecule has 0 bridgehead atoms. The number of amides is 1. The zero-order valence-electron chi connectivity index (χ0n) is 12.0. The van der Waals surface area contributed by atoms with Gasteiger partial charge in [-0.2, -0.15) is 0 Å². The van der Waals surface area contributed by atoms with Gasteiger partial charge in [-0.25, -0.2) is 4.79 Å². The van der Waals surface area contributed by atoms with E-state index in [1.165, 1.54) is 12.1 Å². The molecule has 3 N–H and O–H groups in total. The molecule has 0 aliphatic carbocycles. The van der Waals surface area contributed by atoms with E-state index in [0.29, 0.717) is 18.9 Å². The molecule has 1 aliphatic heterocycles. The Labute approximate surface area is 123 Å². The number of carboxylic acids is 1. The molecule has 6 heteroatoms. The summed E-state index contributed by atoms with van der Waals surface area (Å²) in [5, 5.41) is 15.0. The number of ether oxygens (including phenoxy) is 1. The number of carboxylic acid groups (broad SMARTS) is 1. The maximum absolute atomic E-state index is 12.3. The van der Waals surface area contributed by atoms with Gasteiger partial charge >= 0.3 is 5.97 Å². The lowest BCUT2D eigenvalue weighted by atomic mass is 10.0. The maximum Gasteiger partial charge on any atom is 0.335 e. The smallest absolute Gasteiger partial charge is 0.335 e. The number of aromatic carboxylic acids is 1. The predicted octanol–water partition coefficient (Wildman–Crippen LogP) is 1.34. The number of hydrogen-bond acceptors (Lipinski definition) is 4. The molecular formula is C15H20N2O4. The number of benzene rings is 1. The Morgan fingerprint density at radius 3 is 2.90 bits per heavy atom. The Hall–Kier alpha value is -1.92. The van der Waals surface area contributed by atoms with Gasteiger partial charge in [0.1, 0.15) is 0 Å². The lowest BCUT2D eigenvalue weighted by molar-refractivity contribution is -0.120. The molecule has 1 aliphatic rings. The lowest BCUT2D eigenvalue weighted by Crippen LogP contribution is -2.41. The SMILES string of the molecule is CCCNC1COCC1C(=O)Nc1cccc(C(=O)O)c1. The van der Waals surface area contributed by atoms with Crippen molar-refractivity contribution in [2.75, 3.05) is 25.1 Å². The minimum Gasteiger partial charge on any atom is -0.478 e. The summed E-state index contributed by atoms with van der Waals surface area (Å²) in [7, 11) is 0. The summed E-state index contributed by atoms with van der Waals surface area (Å²) >= 11 is 0. The molecule has 1 aromatic carbocycles. The van der Waals surface area contributed by atoms with Crippen molar-refractivity contribution in [2.45, 2.75) is 19.4 Å². The fourth-order valence-corrected chi connectivity index (χ4v) is 2.31. The first-order valence-corrected chi connectivity index (χ1v) is 7.07. The number of carbonyl (C=O) groups is 2. The Morgan fingerprint density at radius 1 is 1.38 bits per heavy atom. The fraction of sp³-hybridized carbons (Fsp3) is 0.467. The Kier molecular flexibility index (Phi) is 5.30. The van der Waals surface area contributed by atoms with Crippen LogP contribution < -0.4 is 10.6 Å². The molecule has 2 rings (SSSR count). The lowest BCUT2D eigenvalue weighted by Gasteiger charge is -2.18. The Bertz CT molecular complexity index is 518. The molecule has 1 amide bonds. The third-order valence-corrected chi connectivity index (χ3v) is 3.45. The van der Waals surface area contributed by atoms with Crippen molar-refractivity contribution in [1.82, 2.24) is 5.32 Å². The maximum atomic E-state index is 12.3. The van der Waals surface area contributed by atoms with E-state index in [0.717, 1.165) is 13.0 Å². The van der Waals surface area contributed by atoms with E-state index in [-0.39, 0.29) is 23.4 Å². The molecule has 21 heavy (non-hydrogen) atoms. The monoisotopic (exact) mass is 292 g/mol. The molecule has 0 saturated carbocycles. The normalized spacial score (nSPS) is 21.2. The summed E-state index contributed by atoms with van der Waals surface area (Å²) in [5.74, 6) is -1.42. The summed E-state index contributed by atoms with van der Waals surface area (Å²) < 4.78 is 5.37. The van der Waals surface area contributed by atoms with Crippen LogP contribution in [0.1, 0.15) is 23.7 Å². The highest BCUT2D eigenvalue weighted by atomic mass is 16.5. The molecule has 1 saturated heterocycles. The third kappa shape index (κ3) is 4.03. The molecule has 1 fully saturated rings. The van der Waals surface area contributed by atoms with Gasteiger partial charge in [0.25, 0.3) is 0 Å². The van der Waals surface area contributed by atoms with Gasteiger partial charge in [-0.05, 0) is 31.2 Å². The highest BCUT2D eigenvalue weighted by molar-refractivity contribution is 5.95. The number of anilines is 1. The molecule has 114 valence electrons. The Morgan fingerprint density at radius 2 is 2.19 bits per heavy atom. The third-order valence-electron chi connectivity index (χ3n) is 3.45. The number of nitrogens with one attached hydrogen (secondary N) is 2.